The maximum absolute atomic E-state index is 12.3. The molecule has 0 bridgehead atoms. The molecule has 1 aliphatic heterocycles. The number of imidazole rings is 1. The van der Waals surface area contributed by atoms with Gasteiger partial charge in [-0.1, -0.05) is 35.5 Å². The van der Waals surface area contributed by atoms with Crippen molar-refractivity contribution in [2.24, 2.45) is 5.92 Å². The van der Waals surface area contributed by atoms with Gasteiger partial charge in [0.25, 0.3) is 5.89 Å². The van der Waals surface area contributed by atoms with E-state index >= 15 is 0 Å². The van der Waals surface area contributed by atoms with Gasteiger partial charge in [0.05, 0.1) is 11.0 Å². The number of hydrogen-bond donors (Lipinski definition) is 2. The van der Waals surface area contributed by atoms with Crippen LogP contribution in [0.4, 0.5) is 11.8 Å². The van der Waals surface area contributed by atoms with Gasteiger partial charge in [0.15, 0.2) is 5.82 Å². The molecular formula is C30H30N8O2. The molecule has 2 N–H and O–H groups in total. The molecule has 0 unspecified atom stereocenters. The number of H-pyrrole nitrogens is 1. The summed E-state index contributed by atoms with van der Waals surface area (Å²) in [5.41, 5.74) is 4.81. The Morgan fingerprint density at radius 3 is 2.65 bits per heavy atom. The lowest BCUT2D eigenvalue weighted by atomic mass is 10.1. The summed E-state index contributed by atoms with van der Waals surface area (Å²) >= 11 is 0. The van der Waals surface area contributed by atoms with Crippen molar-refractivity contribution < 1.29 is 9.32 Å². The number of aromatic amines is 1. The molecule has 40 heavy (non-hydrogen) atoms. The molecule has 1 aliphatic carbocycles. The topological polar surface area (TPSA) is 116 Å². The normalized spacial score (nSPS) is 15.9. The average Bonchev–Trinajstić information content (AvgIpc) is 3.60. The second-order valence-electron chi connectivity index (χ2n) is 10.5. The van der Waals surface area contributed by atoms with Crippen LogP contribution in [0.25, 0.3) is 22.5 Å². The summed E-state index contributed by atoms with van der Waals surface area (Å²) in [4.78, 5) is 33.8. The molecule has 2 aliphatic rings. The van der Waals surface area contributed by atoms with Gasteiger partial charge < -0.3 is 19.7 Å². The van der Waals surface area contributed by atoms with E-state index in [1.54, 1.807) is 0 Å². The van der Waals surface area contributed by atoms with Crippen molar-refractivity contribution in [3.63, 3.8) is 0 Å². The highest BCUT2D eigenvalue weighted by molar-refractivity contribution is 5.82. The molecule has 3 aromatic heterocycles. The van der Waals surface area contributed by atoms with Gasteiger partial charge in [0.1, 0.15) is 5.82 Å². The zero-order valence-corrected chi connectivity index (χ0v) is 22.1. The second kappa shape index (κ2) is 10.5. The van der Waals surface area contributed by atoms with Crippen molar-refractivity contribution in [3.8, 4) is 11.5 Å². The van der Waals surface area contributed by atoms with Crippen LogP contribution in [-0.4, -0.2) is 67.0 Å². The molecule has 1 saturated carbocycles. The van der Waals surface area contributed by atoms with Gasteiger partial charge in [-0.25, -0.2) is 9.97 Å². The molecule has 2 fully saturated rings. The molecule has 0 atom stereocenters. The number of nitrogens with zero attached hydrogens (tertiary/aromatic N) is 6. The minimum atomic E-state index is 0.293. The van der Waals surface area contributed by atoms with E-state index in [9.17, 15) is 4.79 Å². The lowest BCUT2D eigenvalue weighted by Gasteiger charge is -2.34. The molecule has 4 heterocycles. The fourth-order valence-electron chi connectivity index (χ4n) is 5.16. The zero-order chi connectivity index (χ0) is 26.9. The van der Waals surface area contributed by atoms with Crippen LogP contribution in [0.15, 0.2) is 71.4 Å². The Labute approximate surface area is 231 Å². The summed E-state index contributed by atoms with van der Waals surface area (Å²) in [5.74, 6) is 3.10. The molecule has 2 aromatic carbocycles. The van der Waals surface area contributed by atoms with Crippen LogP contribution in [-0.2, 0) is 17.8 Å². The fraction of sp³-hybridized carbons (Fsp3) is 0.300. The van der Waals surface area contributed by atoms with E-state index in [-0.39, 0.29) is 0 Å². The molecule has 7 rings (SSSR count). The van der Waals surface area contributed by atoms with Crippen molar-refractivity contribution in [3.05, 3.63) is 83.8 Å². The third-order valence-corrected chi connectivity index (χ3v) is 7.49. The van der Waals surface area contributed by atoms with Gasteiger partial charge in [-0.3, -0.25) is 9.69 Å². The molecule has 1 saturated heterocycles. The Balaban J connectivity index is 0.994. The van der Waals surface area contributed by atoms with E-state index in [1.165, 1.54) is 5.56 Å². The van der Waals surface area contributed by atoms with Crippen molar-refractivity contribution in [2.75, 3.05) is 31.5 Å². The molecule has 10 nitrogen and oxygen atoms in total. The van der Waals surface area contributed by atoms with Gasteiger partial charge in [0.2, 0.25) is 11.9 Å². The van der Waals surface area contributed by atoms with Crippen LogP contribution in [0.2, 0.25) is 0 Å². The Kier molecular flexibility index (Phi) is 6.45. The largest absolute Gasteiger partial charge is 0.340 e. The standard InChI is InChI=1S/C30H30N8O2/c39-29(22-6-7-22)38-14-12-37(13-15-38)19-21-10-11-31-26(17-21)35-30-32-24-9-8-23(18-25(24)33-30)28-34-27(36-40-28)16-20-4-2-1-3-5-20/h1-5,8-11,17-18,22H,6-7,12-16,19H2,(H2,31,32,33,35). The third kappa shape index (κ3) is 5.43. The van der Waals surface area contributed by atoms with E-state index in [4.69, 9.17) is 4.52 Å². The lowest BCUT2D eigenvalue weighted by molar-refractivity contribution is -0.134. The van der Waals surface area contributed by atoms with Gasteiger partial charge in [-0.15, -0.1) is 0 Å². The number of carbonyl (C=O) groups is 1. The van der Waals surface area contributed by atoms with Gasteiger partial charge >= 0.3 is 0 Å². The molecule has 1 amide bonds. The maximum Gasteiger partial charge on any atom is 0.258 e. The summed E-state index contributed by atoms with van der Waals surface area (Å²) in [5, 5.41) is 7.45. The van der Waals surface area contributed by atoms with Crippen molar-refractivity contribution >= 4 is 28.7 Å². The van der Waals surface area contributed by atoms with E-state index in [0.717, 1.165) is 73.5 Å². The molecule has 202 valence electrons. The Morgan fingerprint density at radius 2 is 1.82 bits per heavy atom. The lowest BCUT2D eigenvalue weighted by Crippen LogP contribution is -2.48. The number of carbonyl (C=O) groups excluding carboxylic acids is 1. The Morgan fingerprint density at radius 1 is 0.975 bits per heavy atom. The predicted molar refractivity (Wildman–Crippen MR) is 151 cm³/mol. The maximum atomic E-state index is 12.3. The van der Waals surface area contributed by atoms with Crippen molar-refractivity contribution in [1.82, 2.24) is 34.9 Å². The minimum Gasteiger partial charge on any atom is -0.340 e. The van der Waals surface area contributed by atoms with Crippen LogP contribution >= 0.6 is 0 Å². The Bertz CT molecular complexity index is 1630. The highest BCUT2D eigenvalue weighted by Gasteiger charge is 2.34. The van der Waals surface area contributed by atoms with Crippen LogP contribution in [0, 0.1) is 5.92 Å². The third-order valence-electron chi connectivity index (χ3n) is 7.49. The van der Waals surface area contributed by atoms with Crippen LogP contribution < -0.4 is 5.32 Å². The highest BCUT2D eigenvalue weighted by Crippen LogP contribution is 2.31. The van der Waals surface area contributed by atoms with E-state index in [0.29, 0.717) is 35.9 Å². The number of benzene rings is 2. The number of piperazine rings is 1. The number of fused-ring (bicyclic) bond motifs is 1. The van der Waals surface area contributed by atoms with E-state index < -0.39 is 0 Å². The number of amides is 1. The first kappa shape index (κ1) is 24.5. The van der Waals surface area contributed by atoms with Crippen LogP contribution in [0.1, 0.15) is 29.8 Å². The minimum absolute atomic E-state index is 0.293. The summed E-state index contributed by atoms with van der Waals surface area (Å²) in [7, 11) is 0. The van der Waals surface area contributed by atoms with Gasteiger partial charge in [-0.05, 0) is 54.3 Å². The molecule has 0 radical (unpaired) electrons. The first-order valence-electron chi connectivity index (χ1n) is 13.8. The number of rotatable bonds is 8. The van der Waals surface area contributed by atoms with E-state index in [1.807, 2.05) is 71.8 Å². The predicted octanol–water partition coefficient (Wildman–Crippen LogP) is 4.40. The number of pyridine rings is 1. The zero-order valence-electron chi connectivity index (χ0n) is 22.1. The smallest absolute Gasteiger partial charge is 0.258 e. The number of hydrogen-bond acceptors (Lipinski definition) is 8. The first-order chi connectivity index (χ1) is 19.7. The number of nitrogens with one attached hydrogen (secondary N) is 2. The summed E-state index contributed by atoms with van der Waals surface area (Å²) in [6, 6.07) is 20.0. The van der Waals surface area contributed by atoms with Gasteiger partial charge in [-0.2, -0.15) is 4.98 Å². The van der Waals surface area contributed by atoms with Crippen LogP contribution in [0.5, 0.6) is 0 Å². The quantitative estimate of drug-likeness (QED) is 0.301. The molecule has 10 heteroatoms. The summed E-state index contributed by atoms with van der Waals surface area (Å²) in [6.07, 6.45) is 4.56. The molecule has 5 aromatic rings. The summed E-state index contributed by atoms with van der Waals surface area (Å²) in [6.45, 7) is 4.23. The molecule has 0 spiro atoms. The monoisotopic (exact) mass is 534 g/mol. The highest BCUT2D eigenvalue weighted by atomic mass is 16.5. The molecular weight excluding hydrogens is 504 g/mol. The number of aromatic nitrogens is 5. The van der Waals surface area contributed by atoms with Crippen LogP contribution in [0.3, 0.4) is 0 Å². The SMILES string of the molecule is O=C(C1CC1)N1CCN(Cc2ccnc(Nc3nc4ccc(-c5nc(Cc6ccccc6)no5)cc4[nH]3)c2)CC1. The van der Waals surface area contributed by atoms with Gasteiger partial charge in [0, 0.05) is 56.8 Å². The first-order valence-corrected chi connectivity index (χ1v) is 13.8. The van der Waals surface area contributed by atoms with Crippen molar-refractivity contribution in [1.29, 1.82) is 0 Å². The average molecular weight is 535 g/mol. The summed E-state index contributed by atoms with van der Waals surface area (Å²) < 4.78 is 5.54. The second-order valence-corrected chi connectivity index (χ2v) is 10.5. The number of anilines is 2. The van der Waals surface area contributed by atoms with Crippen molar-refractivity contribution in [2.45, 2.75) is 25.8 Å². The Hall–Kier alpha value is -4.57. The van der Waals surface area contributed by atoms with E-state index in [2.05, 4.69) is 35.3 Å². The fourth-order valence-corrected chi connectivity index (χ4v) is 5.16.